The first kappa shape index (κ1) is 12.0. The van der Waals surface area contributed by atoms with Crippen molar-refractivity contribution in [2.24, 2.45) is 0 Å². The molecule has 0 aliphatic heterocycles. The Labute approximate surface area is 103 Å². The van der Waals surface area contributed by atoms with Crippen molar-refractivity contribution < 1.29 is 9.15 Å². The minimum atomic E-state index is 0.683. The highest BCUT2D eigenvalue weighted by Crippen LogP contribution is 2.39. The summed E-state index contributed by atoms with van der Waals surface area (Å²) in [4.78, 5) is 0. The lowest BCUT2D eigenvalue weighted by molar-refractivity contribution is 0.341. The average Bonchev–Trinajstić information content (AvgIpc) is 2.59. The second kappa shape index (κ2) is 4.10. The van der Waals surface area contributed by atoms with Gasteiger partial charge in [-0.3, -0.25) is 0 Å². The summed E-state index contributed by atoms with van der Waals surface area (Å²) in [5, 5.41) is 1.14. The summed E-state index contributed by atoms with van der Waals surface area (Å²) in [5.41, 5.74) is 5.87. The SMILES string of the molecule is CCOc1c(C)c(C)c(C)c2oc(C)c(C)c12. The Morgan fingerprint density at radius 1 is 0.882 bits per heavy atom. The predicted molar refractivity (Wildman–Crippen MR) is 71.1 cm³/mol. The van der Waals surface area contributed by atoms with Crippen LogP contribution in [0.2, 0.25) is 0 Å². The van der Waals surface area contributed by atoms with Gasteiger partial charge in [-0.05, 0) is 58.2 Å². The fourth-order valence-corrected chi connectivity index (χ4v) is 2.30. The molecule has 0 aliphatic carbocycles. The maximum Gasteiger partial charge on any atom is 0.141 e. The van der Waals surface area contributed by atoms with Crippen LogP contribution in [0.5, 0.6) is 5.75 Å². The van der Waals surface area contributed by atoms with Crippen LogP contribution < -0.4 is 4.74 Å². The molecule has 0 atom stereocenters. The average molecular weight is 232 g/mol. The second-order valence-electron chi connectivity index (χ2n) is 4.62. The topological polar surface area (TPSA) is 22.4 Å². The Balaban J connectivity index is 2.94. The molecule has 2 aromatic rings. The Kier molecular flexibility index (Phi) is 2.90. The largest absolute Gasteiger partial charge is 0.493 e. The first-order chi connectivity index (χ1) is 7.99. The summed E-state index contributed by atoms with van der Waals surface area (Å²) >= 11 is 0. The van der Waals surface area contributed by atoms with E-state index in [1.165, 1.54) is 22.3 Å². The number of aryl methyl sites for hydroxylation is 3. The van der Waals surface area contributed by atoms with Crippen LogP contribution in [0, 0.1) is 34.6 Å². The summed E-state index contributed by atoms with van der Waals surface area (Å²) < 4.78 is 11.7. The Bertz CT molecular complexity index is 577. The molecular formula is C15H20O2. The molecule has 0 amide bonds. The molecule has 2 nitrogen and oxygen atoms in total. The maximum absolute atomic E-state index is 5.87. The monoisotopic (exact) mass is 232 g/mol. The zero-order valence-electron chi connectivity index (χ0n) is 11.5. The second-order valence-corrected chi connectivity index (χ2v) is 4.62. The molecular weight excluding hydrogens is 212 g/mol. The molecule has 0 spiro atoms. The van der Waals surface area contributed by atoms with Gasteiger partial charge in [0, 0.05) is 5.56 Å². The van der Waals surface area contributed by atoms with Crippen molar-refractivity contribution in [3.05, 3.63) is 28.0 Å². The maximum atomic E-state index is 5.87. The van der Waals surface area contributed by atoms with Crippen molar-refractivity contribution >= 4 is 11.0 Å². The van der Waals surface area contributed by atoms with Gasteiger partial charge in [0.05, 0.1) is 12.0 Å². The lowest BCUT2D eigenvalue weighted by atomic mass is 9.98. The number of hydrogen-bond donors (Lipinski definition) is 0. The van der Waals surface area contributed by atoms with Gasteiger partial charge in [0.1, 0.15) is 17.1 Å². The van der Waals surface area contributed by atoms with E-state index in [1.807, 2.05) is 13.8 Å². The molecule has 2 rings (SSSR count). The summed E-state index contributed by atoms with van der Waals surface area (Å²) in [5.74, 6) is 1.97. The fraction of sp³-hybridized carbons (Fsp3) is 0.467. The first-order valence-corrected chi connectivity index (χ1v) is 6.11. The van der Waals surface area contributed by atoms with Crippen molar-refractivity contribution in [1.29, 1.82) is 0 Å². The number of rotatable bonds is 2. The van der Waals surface area contributed by atoms with Gasteiger partial charge in [-0.25, -0.2) is 0 Å². The molecule has 1 heterocycles. The normalized spacial score (nSPS) is 11.2. The van der Waals surface area contributed by atoms with Gasteiger partial charge in [0.25, 0.3) is 0 Å². The van der Waals surface area contributed by atoms with E-state index in [9.17, 15) is 0 Å². The lowest BCUT2D eigenvalue weighted by Crippen LogP contribution is -1.98. The smallest absolute Gasteiger partial charge is 0.141 e. The predicted octanol–water partition coefficient (Wildman–Crippen LogP) is 4.37. The standard InChI is InChI=1S/C15H20O2/c1-7-16-14-9(3)8(2)10(4)15-13(14)11(5)12(6)17-15/h7H2,1-6H3. The van der Waals surface area contributed by atoms with E-state index in [1.54, 1.807) is 0 Å². The third-order valence-electron chi connectivity index (χ3n) is 3.71. The molecule has 2 heteroatoms. The molecule has 1 aromatic carbocycles. The molecule has 0 bridgehead atoms. The van der Waals surface area contributed by atoms with E-state index < -0.39 is 0 Å². The van der Waals surface area contributed by atoms with Gasteiger partial charge >= 0.3 is 0 Å². The van der Waals surface area contributed by atoms with Crippen molar-refractivity contribution in [3.63, 3.8) is 0 Å². The zero-order chi connectivity index (χ0) is 12.7. The van der Waals surface area contributed by atoms with Crippen LogP contribution in [0.4, 0.5) is 0 Å². The van der Waals surface area contributed by atoms with Crippen LogP contribution in [-0.4, -0.2) is 6.61 Å². The molecule has 1 aromatic heterocycles. The van der Waals surface area contributed by atoms with Crippen molar-refractivity contribution in [2.45, 2.75) is 41.5 Å². The van der Waals surface area contributed by atoms with Crippen LogP contribution in [0.15, 0.2) is 4.42 Å². The number of fused-ring (bicyclic) bond motifs is 1. The fourth-order valence-electron chi connectivity index (χ4n) is 2.30. The molecule has 92 valence electrons. The number of hydrogen-bond acceptors (Lipinski definition) is 2. The molecule has 0 aliphatic rings. The highest BCUT2D eigenvalue weighted by Gasteiger charge is 2.19. The molecule has 17 heavy (non-hydrogen) atoms. The Morgan fingerprint density at radius 3 is 2.12 bits per heavy atom. The molecule has 0 saturated heterocycles. The summed E-state index contributed by atoms with van der Waals surface area (Å²) in [6.45, 7) is 13.2. The third-order valence-corrected chi connectivity index (χ3v) is 3.71. The zero-order valence-corrected chi connectivity index (χ0v) is 11.5. The summed E-state index contributed by atoms with van der Waals surface area (Å²) in [7, 11) is 0. The van der Waals surface area contributed by atoms with Gasteiger partial charge in [0.2, 0.25) is 0 Å². The summed E-state index contributed by atoms with van der Waals surface area (Å²) in [6.07, 6.45) is 0. The lowest BCUT2D eigenvalue weighted by Gasteiger charge is -2.13. The number of furan rings is 1. The van der Waals surface area contributed by atoms with E-state index in [0.717, 1.165) is 22.5 Å². The minimum Gasteiger partial charge on any atom is -0.493 e. The highest BCUT2D eigenvalue weighted by atomic mass is 16.5. The molecule has 0 saturated carbocycles. The van der Waals surface area contributed by atoms with Crippen LogP contribution in [0.25, 0.3) is 11.0 Å². The van der Waals surface area contributed by atoms with Crippen molar-refractivity contribution in [1.82, 2.24) is 0 Å². The quantitative estimate of drug-likeness (QED) is 0.767. The van der Waals surface area contributed by atoms with Crippen LogP contribution in [-0.2, 0) is 0 Å². The number of ether oxygens (including phenoxy) is 1. The highest BCUT2D eigenvalue weighted by molar-refractivity contribution is 5.93. The van der Waals surface area contributed by atoms with E-state index in [2.05, 4.69) is 27.7 Å². The third kappa shape index (κ3) is 1.63. The summed E-state index contributed by atoms with van der Waals surface area (Å²) in [6, 6.07) is 0. The van der Waals surface area contributed by atoms with E-state index >= 15 is 0 Å². The van der Waals surface area contributed by atoms with Crippen LogP contribution in [0.3, 0.4) is 0 Å². The van der Waals surface area contributed by atoms with Gasteiger partial charge in [0.15, 0.2) is 0 Å². The van der Waals surface area contributed by atoms with Gasteiger partial charge in [-0.1, -0.05) is 0 Å². The number of benzene rings is 1. The molecule has 0 fully saturated rings. The van der Waals surface area contributed by atoms with Crippen LogP contribution in [0.1, 0.15) is 34.9 Å². The van der Waals surface area contributed by atoms with Gasteiger partial charge in [-0.2, -0.15) is 0 Å². The van der Waals surface area contributed by atoms with Gasteiger partial charge < -0.3 is 9.15 Å². The van der Waals surface area contributed by atoms with Gasteiger partial charge in [-0.15, -0.1) is 0 Å². The first-order valence-electron chi connectivity index (χ1n) is 6.11. The van der Waals surface area contributed by atoms with Crippen molar-refractivity contribution in [2.75, 3.05) is 6.61 Å². The van der Waals surface area contributed by atoms with Crippen LogP contribution >= 0.6 is 0 Å². The van der Waals surface area contributed by atoms with E-state index in [0.29, 0.717) is 6.61 Å². The van der Waals surface area contributed by atoms with E-state index in [4.69, 9.17) is 9.15 Å². The van der Waals surface area contributed by atoms with Crippen molar-refractivity contribution in [3.8, 4) is 5.75 Å². The minimum absolute atomic E-state index is 0.683. The Hall–Kier alpha value is -1.44. The molecule has 0 N–H and O–H groups in total. The van der Waals surface area contributed by atoms with E-state index in [-0.39, 0.29) is 0 Å². The molecule has 0 radical (unpaired) electrons. The Morgan fingerprint density at radius 2 is 1.53 bits per heavy atom. The molecule has 0 unspecified atom stereocenters.